The van der Waals surface area contributed by atoms with E-state index in [0.717, 1.165) is 11.2 Å². The SMILES string of the molecule is Fc1ccc(C#Cc2nnc3ccccn23)cc1. The number of fused-ring (bicyclic) bond motifs is 1. The normalized spacial score (nSPS) is 10.1. The lowest BCUT2D eigenvalue weighted by atomic mass is 10.2. The van der Waals surface area contributed by atoms with E-state index in [2.05, 4.69) is 22.0 Å². The molecule has 0 aliphatic carbocycles. The smallest absolute Gasteiger partial charge is 0.212 e. The molecule has 0 fully saturated rings. The quantitative estimate of drug-likeness (QED) is 0.561. The molecule has 86 valence electrons. The highest BCUT2D eigenvalue weighted by Crippen LogP contribution is 2.03. The Hall–Kier alpha value is -2.67. The van der Waals surface area contributed by atoms with Crippen molar-refractivity contribution in [3.05, 3.63) is 65.9 Å². The Balaban J connectivity index is 2.00. The van der Waals surface area contributed by atoms with E-state index in [1.54, 1.807) is 16.5 Å². The van der Waals surface area contributed by atoms with Gasteiger partial charge in [0.25, 0.3) is 0 Å². The molecule has 0 atom stereocenters. The maximum Gasteiger partial charge on any atom is 0.212 e. The third-order valence-electron chi connectivity index (χ3n) is 2.48. The van der Waals surface area contributed by atoms with Crippen molar-refractivity contribution >= 4 is 5.65 Å². The topological polar surface area (TPSA) is 30.2 Å². The van der Waals surface area contributed by atoms with E-state index < -0.39 is 0 Å². The number of nitrogens with zero attached hydrogens (tertiary/aromatic N) is 3. The highest BCUT2D eigenvalue weighted by Gasteiger charge is 1.99. The van der Waals surface area contributed by atoms with Crippen molar-refractivity contribution in [2.75, 3.05) is 0 Å². The first-order valence-electron chi connectivity index (χ1n) is 5.40. The fourth-order valence-corrected chi connectivity index (χ4v) is 1.59. The molecule has 0 radical (unpaired) electrons. The van der Waals surface area contributed by atoms with Gasteiger partial charge in [-0.05, 0) is 42.3 Å². The van der Waals surface area contributed by atoms with Gasteiger partial charge in [-0.3, -0.25) is 4.40 Å². The van der Waals surface area contributed by atoms with Crippen LogP contribution in [0.3, 0.4) is 0 Å². The second-order valence-corrected chi connectivity index (χ2v) is 3.71. The fourth-order valence-electron chi connectivity index (χ4n) is 1.59. The van der Waals surface area contributed by atoms with E-state index in [0.29, 0.717) is 5.82 Å². The molecule has 0 saturated heterocycles. The summed E-state index contributed by atoms with van der Waals surface area (Å²) in [7, 11) is 0. The van der Waals surface area contributed by atoms with Gasteiger partial charge in [0, 0.05) is 11.8 Å². The summed E-state index contributed by atoms with van der Waals surface area (Å²) in [6.07, 6.45) is 1.85. The maximum absolute atomic E-state index is 12.7. The molecular weight excluding hydrogens is 229 g/mol. The zero-order valence-corrected chi connectivity index (χ0v) is 9.34. The minimum absolute atomic E-state index is 0.270. The van der Waals surface area contributed by atoms with Crippen molar-refractivity contribution in [1.29, 1.82) is 0 Å². The number of benzene rings is 1. The summed E-state index contributed by atoms with van der Waals surface area (Å²) in [5.74, 6) is 6.14. The second kappa shape index (κ2) is 4.30. The zero-order valence-electron chi connectivity index (χ0n) is 9.34. The molecule has 0 saturated carbocycles. The lowest BCUT2D eigenvalue weighted by molar-refractivity contribution is 0.627. The highest BCUT2D eigenvalue weighted by atomic mass is 19.1. The summed E-state index contributed by atoms with van der Waals surface area (Å²) in [4.78, 5) is 0. The average Bonchev–Trinajstić information content (AvgIpc) is 2.82. The number of halogens is 1. The summed E-state index contributed by atoms with van der Waals surface area (Å²) in [6, 6.07) is 11.7. The van der Waals surface area contributed by atoms with Crippen LogP contribution < -0.4 is 0 Å². The van der Waals surface area contributed by atoms with Crippen LogP contribution in [0, 0.1) is 17.7 Å². The van der Waals surface area contributed by atoms with Gasteiger partial charge in [0.1, 0.15) is 5.82 Å². The summed E-state index contributed by atoms with van der Waals surface area (Å²) in [6.45, 7) is 0. The van der Waals surface area contributed by atoms with Gasteiger partial charge in [0.2, 0.25) is 5.82 Å². The van der Waals surface area contributed by atoms with E-state index >= 15 is 0 Å². The van der Waals surface area contributed by atoms with Gasteiger partial charge in [-0.2, -0.15) is 0 Å². The standard InChI is InChI=1S/C14H8FN3/c15-12-7-4-11(5-8-12)6-9-14-17-16-13-3-1-2-10-18(13)14/h1-5,7-8,10H. The molecule has 3 nitrogen and oxygen atoms in total. The van der Waals surface area contributed by atoms with Gasteiger partial charge in [0.05, 0.1) is 0 Å². The predicted octanol–water partition coefficient (Wildman–Crippen LogP) is 2.27. The molecule has 0 aliphatic heterocycles. The maximum atomic E-state index is 12.7. The fraction of sp³-hybridized carbons (Fsp3) is 0. The third-order valence-corrected chi connectivity index (χ3v) is 2.48. The molecule has 2 aromatic heterocycles. The Labute approximate surface area is 103 Å². The molecule has 0 unspecified atom stereocenters. The lowest BCUT2D eigenvalue weighted by Crippen LogP contribution is -1.87. The van der Waals surface area contributed by atoms with Crippen LogP contribution >= 0.6 is 0 Å². The molecule has 0 bridgehead atoms. The van der Waals surface area contributed by atoms with Gasteiger partial charge in [-0.1, -0.05) is 12.0 Å². The van der Waals surface area contributed by atoms with Crippen LogP contribution in [0.4, 0.5) is 4.39 Å². The third kappa shape index (κ3) is 1.94. The zero-order chi connectivity index (χ0) is 12.4. The number of rotatable bonds is 0. The van der Waals surface area contributed by atoms with E-state index in [4.69, 9.17) is 0 Å². The van der Waals surface area contributed by atoms with Crippen molar-refractivity contribution in [1.82, 2.24) is 14.6 Å². The number of pyridine rings is 1. The molecular formula is C14H8FN3. The Morgan fingerprint density at radius 2 is 1.78 bits per heavy atom. The van der Waals surface area contributed by atoms with Gasteiger partial charge >= 0.3 is 0 Å². The largest absolute Gasteiger partial charge is 0.276 e. The van der Waals surface area contributed by atoms with Crippen molar-refractivity contribution in [2.24, 2.45) is 0 Å². The Morgan fingerprint density at radius 3 is 2.61 bits per heavy atom. The first-order chi connectivity index (χ1) is 8.83. The second-order valence-electron chi connectivity index (χ2n) is 3.71. The van der Waals surface area contributed by atoms with E-state index in [9.17, 15) is 4.39 Å². The minimum atomic E-state index is -0.270. The van der Waals surface area contributed by atoms with Crippen LogP contribution in [-0.4, -0.2) is 14.6 Å². The molecule has 3 rings (SSSR count). The van der Waals surface area contributed by atoms with Crippen LogP contribution in [-0.2, 0) is 0 Å². The Morgan fingerprint density at radius 1 is 0.944 bits per heavy atom. The van der Waals surface area contributed by atoms with Gasteiger partial charge in [-0.25, -0.2) is 4.39 Å². The molecule has 0 spiro atoms. The lowest BCUT2D eigenvalue weighted by Gasteiger charge is -1.91. The monoisotopic (exact) mass is 237 g/mol. The van der Waals surface area contributed by atoms with E-state index in [1.165, 1.54) is 12.1 Å². The summed E-state index contributed by atoms with van der Waals surface area (Å²) < 4.78 is 14.5. The first-order valence-corrected chi connectivity index (χ1v) is 5.40. The first kappa shape index (κ1) is 10.5. The molecule has 2 heterocycles. The Bertz CT molecular complexity index is 748. The molecule has 1 aromatic carbocycles. The summed E-state index contributed by atoms with van der Waals surface area (Å²) in [5.41, 5.74) is 1.49. The van der Waals surface area contributed by atoms with Crippen LogP contribution in [0.5, 0.6) is 0 Å². The van der Waals surface area contributed by atoms with Crippen molar-refractivity contribution < 1.29 is 4.39 Å². The van der Waals surface area contributed by atoms with Crippen molar-refractivity contribution in [3.8, 4) is 11.8 Å². The van der Waals surface area contributed by atoms with E-state index in [-0.39, 0.29) is 5.82 Å². The number of hydrogen-bond donors (Lipinski definition) is 0. The van der Waals surface area contributed by atoms with Crippen LogP contribution in [0.25, 0.3) is 5.65 Å². The molecule has 0 N–H and O–H groups in total. The minimum Gasteiger partial charge on any atom is -0.276 e. The van der Waals surface area contributed by atoms with E-state index in [1.807, 2.05) is 24.4 Å². The molecule has 18 heavy (non-hydrogen) atoms. The van der Waals surface area contributed by atoms with Gasteiger partial charge in [-0.15, -0.1) is 10.2 Å². The molecule has 0 aliphatic rings. The van der Waals surface area contributed by atoms with Gasteiger partial charge < -0.3 is 0 Å². The summed E-state index contributed by atoms with van der Waals surface area (Å²) in [5, 5.41) is 7.99. The van der Waals surface area contributed by atoms with Crippen LogP contribution in [0.2, 0.25) is 0 Å². The van der Waals surface area contributed by atoms with Crippen molar-refractivity contribution in [3.63, 3.8) is 0 Å². The molecule has 4 heteroatoms. The van der Waals surface area contributed by atoms with Crippen LogP contribution in [0.15, 0.2) is 48.7 Å². The van der Waals surface area contributed by atoms with Gasteiger partial charge in [0.15, 0.2) is 5.65 Å². The summed E-state index contributed by atoms with van der Waals surface area (Å²) >= 11 is 0. The molecule has 3 aromatic rings. The number of aromatic nitrogens is 3. The number of hydrogen-bond acceptors (Lipinski definition) is 2. The predicted molar refractivity (Wildman–Crippen MR) is 65.4 cm³/mol. The Kier molecular flexibility index (Phi) is 2.50. The average molecular weight is 237 g/mol. The highest BCUT2D eigenvalue weighted by molar-refractivity contribution is 5.43. The van der Waals surface area contributed by atoms with Crippen LogP contribution in [0.1, 0.15) is 11.4 Å². The molecule has 0 amide bonds. The van der Waals surface area contributed by atoms with Crippen molar-refractivity contribution in [2.45, 2.75) is 0 Å².